The third kappa shape index (κ3) is 5.29. The van der Waals surface area contributed by atoms with E-state index < -0.39 is 23.9 Å². The summed E-state index contributed by atoms with van der Waals surface area (Å²) in [4.78, 5) is 17.9. The molecule has 1 atom stereocenters. The molecule has 2 aromatic rings. The highest BCUT2D eigenvalue weighted by Gasteiger charge is 2.41. The fraction of sp³-hybridized carbons (Fsp3) is 0.480. The second-order valence-corrected chi connectivity index (χ2v) is 10.4. The molecule has 1 saturated heterocycles. The average Bonchev–Trinajstić information content (AvgIpc) is 3.20. The van der Waals surface area contributed by atoms with Crippen LogP contribution in [0.2, 0.25) is 5.02 Å². The van der Waals surface area contributed by atoms with Crippen molar-refractivity contribution in [3.8, 4) is 5.69 Å². The second kappa shape index (κ2) is 10.3. The van der Waals surface area contributed by atoms with E-state index in [1.165, 1.54) is 6.08 Å². The quantitative estimate of drug-likeness (QED) is 0.582. The minimum atomic E-state index is -4.79. The van der Waals surface area contributed by atoms with Crippen LogP contribution in [0.15, 0.2) is 41.9 Å². The molecule has 0 bridgehead atoms. The first-order chi connectivity index (χ1) is 18.0. The van der Waals surface area contributed by atoms with Crippen molar-refractivity contribution < 1.29 is 22.4 Å². The van der Waals surface area contributed by atoms with Gasteiger partial charge in [0, 0.05) is 44.7 Å². The van der Waals surface area contributed by atoms with Gasteiger partial charge in [-0.25, -0.2) is 4.39 Å². The Morgan fingerprint density at radius 2 is 1.92 bits per heavy atom. The molecule has 38 heavy (non-hydrogen) atoms. The molecule has 1 aromatic heterocycles. The Morgan fingerprint density at radius 3 is 2.61 bits per heavy atom. The van der Waals surface area contributed by atoms with E-state index in [9.17, 15) is 22.4 Å². The van der Waals surface area contributed by atoms with Crippen molar-refractivity contribution in [1.29, 1.82) is 0 Å². The molecule has 0 spiro atoms. The summed E-state index contributed by atoms with van der Waals surface area (Å²) in [7, 11) is 3.43. The fourth-order valence-electron chi connectivity index (χ4n) is 5.19. The number of amides is 1. The predicted molar refractivity (Wildman–Crippen MR) is 133 cm³/mol. The van der Waals surface area contributed by atoms with Crippen LogP contribution in [0.4, 0.5) is 17.6 Å². The van der Waals surface area contributed by atoms with Crippen molar-refractivity contribution in [2.75, 3.05) is 33.7 Å². The summed E-state index contributed by atoms with van der Waals surface area (Å²) in [5, 5.41) is 11.9. The van der Waals surface area contributed by atoms with Gasteiger partial charge in [-0.05, 0) is 48.8 Å². The molecule has 204 valence electrons. The number of carbonyl (C=O) groups is 1. The van der Waals surface area contributed by atoms with Gasteiger partial charge in [0.2, 0.25) is 5.91 Å². The minimum absolute atomic E-state index is 0.0212. The standard InChI is InChI=1S/C25H28ClF4N7O/c1-34(2)22(38)14-35-12-16-11-17(26)3-5-19(16)37-21(13-35)32-33-24(37)15-7-9-36(10-8-15)20-6-4-18(27)23(31-20)25(28,29)30/h3-6,11,15,20,31H,7-10,12-14H2,1-2H3. The van der Waals surface area contributed by atoms with Crippen LogP contribution in [0.3, 0.4) is 0 Å². The number of halogens is 5. The van der Waals surface area contributed by atoms with Crippen LogP contribution in [-0.2, 0) is 17.9 Å². The van der Waals surface area contributed by atoms with Crippen molar-refractivity contribution in [2.24, 2.45) is 0 Å². The minimum Gasteiger partial charge on any atom is -0.360 e. The van der Waals surface area contributed by atoms with E-state index in [-0.39, 0.29) is 18.4 Å². The number of aromatic nitrogens is 3. The molecule has 0 saturated carbocycles. The average molecular weight is 554 g/mol. The Hall–Kier alpha value is -2.96. The van der Waals surface area contributed by atoms with Crippen molar-refractivity contribution in [3.05, 3.63) is 64.1 Å². The summed E-state index contributed by atoms with van der Waals surface area (Å²) >= 11 is 6.31. The van der Waals surface area contributed by atoms with E-state index in [0.717, 1.165) is 23.2 Å². The maximum absolute atomic E-state index is 13.7. The van der Waals surface area contributed by atoms with Gasteiger partial charge >= 0.3 is 6.18 Å². The number of rotatable bonds is 4. The van der Waals surface area contributed by atoms with E-state index in [1.54, 1.807) is 19.0 Å². The van der Waals surface area contributed by atoms with Gasteiger partial charge in [0.05, 0.1) is 24.9 Å². The largest absolute Gasteiger partial charge is 0.433 e. The Labute approximate surface area is 222 Å². The van der Waals surface area contributed by atoms with Gasteiger partial charge in [0.25, 0.3) is 0 Å². The lowest BCUT2D eigenvalue weighted by Gasteiger charge is -2.38. The molecule has 3 aliphatic heterocycles. The lowest BCUT2D eigenvalue weighted by molar-refractivity contribution is -0.130. The van der Waals surface area contributed by atoms with Crippen molar-refractivity contribution >= 4 is 17.5 Å². The molecular formula is C25H28ClF4N7O. The van der Waals surface area contributed by atoms with Crippen molar-refractivity contribution in [2.45, 2.75) is 44.2 Å². The molecule has 5 rings (SSSR count). The van der Waals surface area contributed by atoms with Gasteiger partial charge in [-0.3, -0.25) is 19.2 Å². The van der Waals surface area contributed by atoms with Crippen LogP contribution in [0.25, 0.3) is 5.69 Å². The topological polar surface area (TPSA) is 69.5 Å². The van der Waals surface area contributed by atoms with E-state index in [0.29, 0.717) is 49.9 Å². The zero-order valence-corrected chi connectivity index (χ0v) is 21.7. The molecule has 3 aliphatic rings. The maximum Gasteiger partial charge on any atom is 0.433 e. The first-order valence-electron chi connectivity index (χ1n) is 12.3. The lowest BCUT2D eigenvalue weighted by atomic mass is 9.95. The molecule has 1 amide bonds. The summed E-state index contributed by atoms with van der Waals surface area (Å²) in [6.45, 7) is 2.15. The van der Waals surface area contributed by atoms with Crippen LogP contribution in [-0.4, -0.2) is 81.4 Å². The fourth-order valence-corrected chi connectivity index (χ4v) is 5.38. The lowest BCUT2D eigenvalue weighted by Crippen LogP contribution is -2.50. The molecule has 1 fully saturated rings. The van der Waals surface area contributed by atoms with E-state index in [4.69, 9.17) is 11.6 Å². The number of carbonyl (C=O) groups excluding carboxylic acids is 1. The Morgan fingerprint density at radius 1 is 1.18 bits per heavy atom. The number of allylic oxidation sites excluding steroid dienone is 3. The van der Waals surface area contributed by atoms with Crippen LogP contribution >= 0.6 is 11.6 Å². The van der Waals surface area contributed by atoms with E-state index >= 15 is 0 Å². The van der Waals surface area contributed by atoms with Gasteiger partial charge in [0.15, 0.2) is 17.3 Å². The number of likely N-dealkylation sites (tertiary alicyclic amines) is 1. The normalized spacial score (nSPS) is 21.1. The van der Waals surface area contributed by atoms with Crippen LogP contribution in [0, 0.1) is 0 Å². The number of nitrogens with one attached hydrogen (secondary N) is 1. The number of fused-ring (bicyclic) bond motifs is 3. The Kier molecular flexibility index (Phi) is 7.23. The Bertz CT molecular complexity index is 1280. The number of dihydropyridines is 1. The van der Waals surface area contributed by atoms with Crippen LogP contribution in [0.1, 0.15) is 36.0 Å². The summed E-state index contributed by atoms with van der Waals surface area (Å²) in [5.41, 5.74) is 0.507. The van der Waals surface area contributed by atoms with Crippen molar-refractivity contribution in [3.63, 3.8) is 0 Å². The van der Waals surface area contributed by atoms with E-state index in [2.05, 4.69) is 15.5 Å². The maximum atomic E-state index is 13.7. The number of benzene rings is 1. The number of piperidine rings is 1. The van der Waals surface area contributed by atoms with Gasteiger partial charge in [0.1, 0.15) is 5.82 Å². The summed E-state index contributed by atoms with van der Waals surface area (Å²) in [5.74, 6) is 0.172. The molecular weight excluding hydrogens is 526 g/mol. The van der Waals surface area contributed by atoms with Gasteiger partial charge in [-0.15, -0.1) is 10.2 Å². The number of nitrogens with zero attached hydrogens (tertiary/aromatic N) is 6. The molecule has 1 N–H and O–H groups in total. The van der Waals surface area contributed by atoms with Gasteiger partial charge < -0.3 is 10.2 Å². The second-order valence-electron chi connectivity index (χ2n) is 10.00. The summed E-state index contributed by atoms with van der Waals surface area (Å²) < 4.78 is 55.4. The SMILES string of the molecule is CN(C)C(=O)CN1Cc2cc(Cl)ccc2-n2c(nnc2C2CCN(C3C=CC(F)=C(C(F)(F)F)N3)CC2)C1. The highest BCUT2D eigenvalue weighted by atomic mass is 35.5. The molecule has 13 heteroatoms. The first kappa shape index (κ1) is 26.6. The number of hydrogen-bond acceptors (Lipinski definition) is 6. The first-order valence-corrected chi connectivity index (χ1v) is 12.7. The van der Waals surface area contributed by atoms with Gasteiger partial charge in [-0.2, -0.15) is 13.2 Å². The number of hydrogen-bond donors (Lipinski definition) is 1. The number of alkyl halides is 3. The number of likely N-dealkylation sites (N-methyl/N-ethyl adjacent to an activating group) is 1. The third-order valence-electron chi connectivity index (χ3n) is 7.18. The zero-order chi connectivity index (χ0) is 27.2. The van der Waals surface area contributed by atoms with E-state index in [1.807, 2.05) is 32.6 Å². The third-order valence-corrected chi connectivity index (χ3v) is 7.42. The molecule has 1 aromatic carbocycles. The van der Waals surface area contributed by atoms with Gasteiger partial charge in [-0.1, -0.05) is 11.6 Å². The highest BCUT2D eigenvalue weighted by Crippen LogP contribution is 2.35. The molecule has 8 nitrogen and oxygen atoms in total. The molecule has 0 radical (unpaired) electrons. The molecule has 0 aliphatic carbocycles. The smallest absolute Gasteiger partial charge is 0.360 e. The van der Waals surface area contributed by atoms with Crippen LogP contribution < -0.4 is 5.32 Å². The predicted octanol–water partition coefficient (Wildman–Crippen LogP) is 3.73. The summed E-state index contributed by atoms with van der Waals surface area (Å²) in [6.07, 6.45) is -1.95. The molecule has 1 unspecified atom stereocenters. The molecule has 4 heterocycles. The zero-order valence-electron chi connectivity index (χ0n) is 21.0. The highest BCUT2D eigenvalue weighted by molar-refractivity contribution is 6.30. The van der Waals surface area contributed by atoms with Crippen LogP contribution in [0.5, 0.6) is 0 Å². The Balaban J connectivity index is 1.36. The monoisotopic (exact) mass is 553 g/mol. The summed E-state index contributed by atoms with van der Waals surface area (Å²) in [6, 6.07) is 5.62. The van der Waals surface area contributed by atoms with Crippen molar-refractivity contribution in [1.82, 2.24) is 34.8 Å².